The largest absolute Gasteiger partial charge is 0.338 e. The van der Waals surface area contributed by atoms with E-state index < -0.39 is 0 Å². The van der Waals surface area contributed by atoms with E-state index in [9.17, 15) is 4.79 Å². The highest BCUT2D eigenvalue weighted by molar-refractivity contribution is 7.08. The van der Waals surface area contributed by atoms with Crippen LogP contribution in [-0.4, -0.2) is 17.4 Å². The number of carbonyl (C=O) groups excluding carboxylic acids is 1. The van der Waals surface area contributed by atoms with Gasteiger partial charge in [-0.3, -0.25) is 4.79 Å². The third-order valence-electron chi connectivity index (χ3n) is 2.74. The summed E-state index contributed by atoms with van der Waals surface area (Å²) in [6, 6.07) is 4.11. The molecular formula is C14H17NOS2. The van der Waals surface area contributed by atoms with Crippen molar-refractivity contribution in [1.29, 1.82) is 0 Å². The smallest absolute Gasteiger partial charge is 0.227 e. The van der Waals surface area contributed by atoms with Crippen LogP contribution in [0.4, 0.5) is 0 Å². The molecule has 0 unspecified atom stereocenters. The number of carbonyl (C=O) groups is 1. The van der Waals surface area contributed by atoms with Crippen molar-refractivity contribution in [2.24, 2.45) is 0 Å². The highest BCUT2D eigenvalue weighted by Gasteiger charge is 2.14. The zero-order valence-corrected chi connectivity index (χ0v) is 12.1. The van der Waals surface area contributed by atoms with E-state index >= 15 is 0 Å². The van der Waals surface area contributed by atoms with E-state index in [2.05, 4.69) is 23.8 Å². The van der Waals surface area contributed by atoms with Crippen molar-refractivity contribution < 1.29 is 4.79 Å². The van der Waals surface area contributed by atoms with Crippen molar-refractivity contribution in [3.8, 4) is 0 Å². The van der Waals surface area contributed by atoms with Gasteiger partial charge in [-0.25, -0.2) is 0 Å². The summed E-state index contributed by atoms with van der Waals surface area (Å²) in [6.45, 7) is 3.68. The maximum absolute atomic E-state index is 12.3. The molecule has 0 radical (unpaired) electrons. The van der Waals surface area contributed by atoms with Gasteiger partial charge in [0.1, 0.15) is 0 Å². The minimum atomic E-state index is 0.224. The van der Waals surface area contributed by atoms with E-state index in [0.717, 1.165) is 25.1 Å². The molecule has 0 aliphatic carbocycles. The van der Waals surface area contributed by atoms with E-state index in [-0.39, 0.29) is 5.91 Å². The van der Waals surface area contributed by atoms with Gasteiger partial charge in [-0.05, 0) is 51.2 Å². The lowest BCUT2D eigenvalue weighted by molar-refractivity contribution is -0.131. The van der Waals surface area contributed by atoms with Crippen molar-refractivity contribution in [2.75, 3.05) is 6.54 Å². The van der Waals surface area contributed by atoms with Gasteiger partial charge >= 0.3 is 0 Å². The third-order valence-corrected chi connectivity index (χ3v) is 4.20. The lowest BCUT2D eigenvalue weighted by atomic mass is 10.2. The Kier molecular flexibility index (Phi) is 4.96. The molecule has 0 saturated heterocycles. The first-order valence-corrected chi connectivity index (χ1v) is 7.98. The van der Waals surface area contributed by atoms with E-state index in [1.165, 1.54) is 5.56 Å². The Morgan fingerprint density at radius 2 is 1.83 bits per heavy atom. The summed E-state index contributed by atoms with van der Waals surface area (Å²) in [5.41, 5.74) is 2.35. The molecule has 0 aliphatic heterocycles. The summed E-state index contributed by atoms with van der Waals surface area (Å²) in [5, 5.41) is 8.24. The molecule has 96 valence electrons. The molecule has 0 saturated carbocycles. The van der Waals surface area contributed by atoms with Crippen LogP contribution in [0.5, 0.6) is 0 Å². The minimum absolute atomic E-state index is 0.224. The highest BCUT2D eigenvalue weighted by Crippen LogP contribution is 2.13. The summed E-state index contributed by atoms with van der Waals surface area (Å²) >= 11 is 3.32. The van der Waals surface area contributed by atoms with E-state index in [1.807, 2.05) is 21.7 Å². The molecule has 2 aromatic heterocycles. The number of nitrogens with zero attached hydrogens (tertiary/aromatic N) is 1. The highest BCUT2D eigenvalue weighted by atomic mass is 32.1. The second-order valence-electron chi connectivity index (χ2n) is 4.26. The van der Waals surface area contributed by atoms with Crippen molar-refractivity contribution in [2.45, 2.75) is 26.3 Å². The number of hydrogen-bond donors (Lipinski definition) is 0. The maximum atomic E-state index is 12.3. The quantitative estimate of drug-likeness (QED) is 0.788. The Morgan fingerprint density at radius 1 is 1.17 bits per heavy atom. The molecule has 0 aromatic carbocycles. The van der Waals surface area contributed by atoms with Gasteiger partial charge in [-0.1, -0.05) is 6.92 Å². The van der Waals surface area contributed by atoms with Crippen LogP contribution in [0, 0.1) is 0 Å². The number of amides is 1. The fraction of sp³-hybridized carbons (Fsp3) is 0.357. The summed E-state index contributed by atoms with van der Waals surface area (Å²) < 4.78 is 0. The number of rotatable bonds is 6. The average Bonchev–Trinajstić information content (AvgIpc) is 3.01. The Labute approximate surface area is 116 Å². The van der Waals surface area contributed by atoms with Crippen LogP contribution >= 0.6 is 22.7 Å². The minimum Gasteiger partial charge on any atom is -0.338 e. The predicted octanol–water partition coefficient (Wildman–Crippen LogP) is 3.79. The lowest BCUT2D eigenvalue weighted by Gasteiger charge is -2.21. The van der Waals surface area contributed by atoms with Gasteiger partial charge in [0.2, 0.25) is 5.91 Å². The molecule has 0 bridgehead atoms. The van der Waals surface area contributed by atoms with Gasteiger partial charge in [0.25, 0.3) is 0 Å². The van der Waals surface area contributed by atoms with Gasteiger partial charge in [0.15, 0.2) is 0 Å². The summed E-state index contributed by atoms with van der Waals surface area (Å²) in [4.78, 5) is 14.2. The summed E-state index contributed by atoms with van der Waals surface area (Å²) in [5.74, 6) is 0.224. The van der Waals surface area contributed by atoms with Gasteiger partial charge < -0.3 is 4.90 Å². The van der Waals surface area contributed by atoms with Gasteiger partial charge in [0, 0.05) is 13.1 Å². The first kappa shape index (κ1) is 13.3. The fourth-order valence-electron chi connectivity index (χ4n) is 1.84. The average molecular weight is 279 g/mol. The van der Waals surface area contributed by atoms with E-state index in [1.54, 1.807) is 22.7 Å². The van der Waals surface area contributed by atoms with Crippen molar-refractivity contribution in [1.82, 2.24) is 4.90 Å². The van der Waals surface area contributed by atoms with Crippen LogP contribution in [0.15, 0.2) is 33.7 Å². The first-order valence-electron chi connectivity index (χ1n) is 6.09. The summed E-state index contributed by atoms with van der Waals surface area (Å²) in [6.07, 6.45) is 1.52. The Balaban J connectivity index is 1.98. The van der Waals surface area contributed by atoms with Gasteiger partial charge in [0.05, 0.1) is 6.42 Å². The third kappa shape index (κ3) is 3.68. The molecule has 0 N–H and O–H groups in total. The maximum Gasteiger partial charge on any atom is 0.227 e. The van der Waals surface area contributed by atoms with Crippen LogP contribution < -0.4 is 0 Å². The fourth-order valence-corrected chi connectivity index (χ4v) is 3.17. The topological polar surface area (TPSA) is 20.3 Å². The Hall–Kier alpha value is -1.13. The van der Waals surface area contributed by atoms with Crippen molar-refractivity contribution >= 4 is 28.6 Å². The molecule has 4 heteroatoms. The molecule has 2 heterocycles. The molecule has 0 aliphatic rings. The molecule has 2 rings (SSSR count). The monoisotopic (exact) mass is 279 g/mol. The second kappa shape index (κ2) is 6.71. The summed E-state index contributed by atoms with van der Waals surface area (Å²) in [7, 11) is 0. The molecule has 0 spiro atoms. The van der Waals surface area contributed by atoms with Crippen LogP contribution in [-0.2, 0) is 17.8 Å². The predicted molar refractivity (Wildman–Crippen MR) is 78.1 cm³/mol. The van der Waals surface area contributed by atoms with Crippen LogP contribution in [0.3, 0.4) is 0 Å². The van der Waals surface area contributed by atoms with E-state index in [4.69, 9.17) is 0 Å². The molecule has 2 nitrogen and oxygen atoms in total. The molecule has 2 aromatic rings. The van der Waals surface area contributed by atoms with Crippen LogP contribution in [0.1, 0.15) is 24.5 Å². The van der Waals surface area contributed by atoms with E-state index in [0.29, 0.717) is 6.42 Å². The molecule has 0 fully saturated rings. The zero-order valence-electron chi connectivity index (χ0n) is 10.5. The second-order valence-corrected chi connectivity index (χ2v) is 5.82. The standard InChI is InChI=1S/C14H17NOS2/c1-2-5-15(9-13-4-7-18-11-13)14(16)8-12-3-6-17-10-12/h3-4,6-7,10-11H,2,5,8-9H2,1H3. The van der Waals surface area contributed by atoms with Crippen molar-refractivity contribution in [3.63, 3.8) is 0 Å². The van der Waals surface area contributed by atoms with Crippen molar-refractivity contribution in [3.05, 3.63) is 44.8 Å². The molecule has 0 atom stereocenters. The zero-order chi connectivity index (χ0) is 12.8. The SMILES string of the molecule is CCCN(Cc1ccsc1)C(=O)Cc1ccsc1. The molecule has 18 heavy (non-hydrogen) atoms. The molecule has 1 amide bonds. The Bertz CT molecular complexity index is 462. The molecular weight excluding hydrogens is 262 g/mol. The lowest BCUT2D eigenvalue weighted by Crippen LogP contribution is -2.32. The van der Waals surface area contributed by atoms with Gasteiger partial charge in [-0.15, -0.1) is 0 Å². The van der Waals surface area contributed by atoms with Crippen LogP contribution in [0.25, 0.3) is 0 Å². The first-order chi connectivity index (χ1) is 8.79. The number of thiophene rings is 2. The van der Waals surface area contributed by atoms with Gasteiger partial charge in [-0.2, -0.15) is 22.7 Å². The normalized spacial score (nSPS) is 10.5. The number of hydrogen-bond acceptors (Lipinski definition) is 3. The Morgan fingerprint density at radius 3 is 2.39 bits per heavy atom. The van der Waals surface area contributed by atoms with Crippen LogP contribution in [0.2, 0.25) is 0 Å².